The summed E-state index contributed by atoms with van der Waals surface area (Å²) in [6, 6.07) is 13.3. The lowest BCUT2D eigenvalue weighted by Crippen LogP contribution is -2.58. The zero-order chi connectivity index (χ0) is 14.4. The third-order valence-electron chi connectivity index (χ3n) is 4.57. The van der Waals surface area contributed by atoms with Crippen LogP contribution in [0.5, 0.6) is 0 Å². The number of rotatable bonds is 1. The van der Waals surface area contributed by atoms with Crippen molar-refractivity contribution < 1.29 is 9.59 Å². The molecule has 2 aliphatic rings. The molecule has 2 fully saturated rings. The summed E-state index contributed by atoms with van der Waals surface area (Å²) in [6.45, 7) is 0. The van der Waals surface area contributed by atoms with E-state index in [9.17, 15) is 9.59 Å². The predicted molar refractivity (Wildman–Crippen MR) is 81.1 cm³/mol. The molecule has 4 rings (SSSR count). The standard InChI is InChI=1S/C17H16N2O2/c20-16-13-8-4-9-14(13)18-17(21)19(16)15-10-3-6-11-5-1-2-7-12(11)15/h1-3,5-7,10,13-14H,4,8-9H2,(H,18,21). The highest BCUT2D eigenvalue weighted by Gasteiger charge is 2.44. The first kappa shape index (κ1) is 12.4. The second-order valence-electron chi connectivity index (χ2n) is 5.77. The molecule has 2 unspecified atom stereocenters. The summed E-state index contributed by atoms with van der Waals surface area (Å²) >= 11 is 0. The average Bonchev–Trinajstić information content (AvgIpc) is 2.96. The highest BCUT2D eigenvalue weighted by atomic mass is 16.2. The van der Waals surface area contributed by atoms with Crippen molar-refractivity contribution in [3.8, 4) is 0 Å². The quantitative estimate of drug-likeness (QED) is 0.872. The Morgan fingerprint density at radius 3 is 2.71 bits per heavy atom. The van der Waals surface area contributed by atoms with Gasteiger partial charge in [-0.1, -0.05) is 42.8 Å². The van der Waals surface area contributed by atoms with Crippen LogP contribution in [0, 0.1) is 5.92 Å². The lowest BCUT2D eigenvalue weighted by atomic mass is 9.98. The van der Waals surface area contributed by atoms with E-state index in [2.05, 4.69) is 5.32 Å². The smallest absolute Gasteiger partial charge is 0.329 e. The van der Waals surface area contributed by atoms with Crippen LogP contribution in [0.2, 0.25) is 0 Å². The monoisotopic (exact) mass is 280 g/mol. The SMILES string of the molecule is O=C1NC2CCCC2C(=O)N1c1cccc2ccccc12. The molecule has 0 spiro atoms. The maximum absolute atomic E-state index is 12.7. The van der Waals surface area contributed by atoms with E-state index in [1.165, 1.54) is 4.90 Å². The summed E-state index contributed by atoms with van der Waals surface area (Å²) in [4.78, 5) is 26.4. The van der Waals surface area contributed by atoms with Gasteiger partial charge in [0.25, 0.3) is 0 Å². The number of urea groups is 1. The highest BCUT2D eigenvalue weighted by molar-refractivity contribution is 6.20. The van der Waals surface area contributed by atoms with Crippen LogP contribution in [0.15, 0.2) is 42.5 Å². The van der Waals surface area contributed by atoms with E-state index in [-0.39, 0.29) is 23.9 Å². The zero-order valence-electron chi connectivity index (χ0n) is 11.6. The fourth-order valence-electron chi connectivity index (χ4n) is 3.55. The Morgan fingerprint density at radius 2 is 1.81 bits per heavy atom. The molecule has 2 atom stereocenters. The molecule has 3 amide bonds. The molecule has 1 saturated heterocycles. The van der Waals surface area contributed by atoms with Crippen molar-refractivity contribution in [1.29, 1.82) is 0 Å². The Bertz CT molecular complexity index is 735. The van der Waals surface area contributed by atoms with E-state index in [1.807, 2.05) is 42.5 Å². The normalized spacial score (nSPS) is 25.0. The Balaban J connectivity index is 1.84. The highest BCUT2D eigenvalue weighted by Crippen LogP contribution is 2.35. The molecule has 0 bridgehead atoms. The number of nitrogens with one attached hydrogen (secondary N) is 1. The Hall–Kier alpha value is -2.36. The molecule has 1 heterocycles. The van der Waals surface area contributed by atoms with Crippen molar-refractivity contribution in [3.63, 3.8) is 0 Å². The first-order valence-corrected chi connectivity index (χ1v) is 7.38. The van der Waals surface area contributed by atoms with Crippen LogP contribution >= 0.6 is 0 Å². The maximum Gasteiger partial charge on any atom is 0.329 e. The van der Waals surface area contributed by atoms with E-state index in [1.54, 1.807) is 0 Å². The van der Waals surface area contributed by atoms with E-state index < -0.39 is 0 Å². The molecule has 1 aliphatic heterocycles. The van der Waals surface area contributed by atoms with Gasteiger partial charge in [-0.15, -0.1) is 0 Å². The molecule has 21 heavy (non-hydrogen) atoms. The van der Waals surface area contributed by atoms with Gasteiger partial charge in [-0.05, 0) is 24.3 Å². The fourth-order valence-corrected chi connectivity index (χ4v) is 3.55. The van der Waals surface area contributed by atoms with Gasteiger partial charge in [0, 0.05) is 11.4 Å². The third kappa shape index (κ3) is 1.82. The van der Waals surface area contributed by atoms with Gasteiger partial charge >= 0.3 is 6.03 Å². The van der Waals surface area contributed by atoms with Crippen LogP contribution in [0.1, 0.15) is 19.3 Å². The van der Waals surface area contributed by atoms with Gasteiger partial charge in [-0.2, -0.15) is 0 Å². The van der Waals surface area contributed by atoms with E-state index in [0.717, 1.165) is 30.0 Å². The van der Waals surface area contributed by atoms with Gasteiger partial charge in [0.15, 0.2) is 0 Å². The summed E-state index contributed by atoms with van der Waals surface area (Å²) in [7, 11) is 0. The number of carbonyl (C=O) groups excluding carboxylic acids is 2. The van der Waals surface area contributed by atoms with Crippen LogP contribution in [0.4, 0.5) is 10.5 Å². The van der Waals surface area contributed by atoms with Crippen molar-refractivity contribution in [2.75, 3.05) is 4.90 Å². The first-order chi connectivity index (χ1) is 10.3. The van der Waals surface area contributed by atoms with E-state index in [4.69, 9.17) is 0 Å². The lowest BCUT2D eigenvalue weighted by Gasteiger charge is -2.34. The van der Waals surface area contributed by atoms with Crippen LogP contribution < -0.4 is 10.2 Å². The zero-order valence-corrected chi connectivity index (χ0v) is 11.6. The minimum absolute atomic E-state index is 0.0243. The van der Waals surface area contributed by atoms with Crippen molar-refractivity contribution >= 4 is 28.4 Å². The predicted octanol–water partition coefficient (Wildman–Crippen LogP) is 3.06. The molecule has 4 heteroatoms. The van der Waals surface area contributed by atoms with Crippen molar-refractivity contribution in [2.45, 2.75) is 25.3 Å². The molecule has 1 saturated carbocycles. The van der Waals surface area contributed by atoms with Crippen LogP contribution in [-0.4, -0.2) is 18.0 Å². The van der Waals surface area contributed by atoms with Crippen molar-refractivity contribution in [2.24, 2.45) is 5.92 Å². The largest absolute Gasteiger partial charge is 0.334 e. The van der Waals surface area contributed by atoms with Gasteiger partial charge in [-0.3, -0.25) is 4.79 Å². The van der Waals surface area contributed by atoms with E-state index in [0.29, 0.717) is 5.69 Å². The van der Waals surface area contributed by atoms with Crippen LogP contribution in [-0.2, 0) is 4.79 Å². The number of imide groups is 1. The third-order valence-corrected chi connectivity index (χ3v) is 4.57. The minimum atomic E-state index is -0.292. The lowest BCUT2D eigenvalue weighted by molar-refractivity contribution is -0.122. The van der Waals surface area contributed by atoms with Gasteiger partial charge < -0.3 is 5.32 Å². The number of anilines is 1. The molecule has 2 aromatic rings. The van der Waals surface area contributed by atoms with Gasteiger partial charge in [0.1, 0.15) is 0 Å². The van der Waals surface area contributed by atoms with Crippen molar-refractivity contribution in [1.82, 2.24) is 5.32 Å². The van der Waals surface area contributed by atoms with Gasteiger partial charge in [-0.25, -0.2) is 9.69 Å². The summed E-state index contributed by atoms with van der Waals surface area (Å²) in [5.74, 6) is -0.126. The average molecular weight is 280 g/mol. The summed E-state index contributed by atoms with van der Waals surface area (Å²) in [5.41, 5.74) is 0.681. The second-order valence-corrected chi connectivity index (χ2v) is 5.77. The molecule has 2 aromatic carbocycles. The van der Waals surface area contributed by atoms with Crippen LogP contribution in [0.3, 0.4) is 0 Å². The second kappa shape index (κ2) is 4.58. The Morgan fingerprint density at radius 1 is 1.00 bits per heavy atom. The van der Waals surface area contributed by atoms with Gasteiger partial charge in [0.2, 0.25) is 5.91 Å². The molecular weight excluding hydrogens is 264 g/mol. The first-order valence-electron chi connectivity index (χ1n) is 7.38. The van der Waals surface area contributed by atoms with Gasteiger partial charge in [0.05, 0.1) is 11.6 Å². The number of hydrogen-bond donors (Lipinski definition) is 1. The summed E-state index contributed by atoms with van der Waals surface area (Å²) < 4.78 is 0. The number of benzene rings is 2. The molecule has 0 radical (unpaired) electrons. The van der Waals surface area contributed by atoms with Crippen molar-refractivity contribution in [3.05, 3.63) is 42.5 Å². The molecular formula is C17H16N2O2. The molecule has 0 aromatic heterocycles. The molecule has 106 valence electrons. The van der Waals surface area contributed by atoms with E-state index >= 15 is 0 Å². The number of carbonyl (C=O) groups is 2. The molecule has 1 N–H and O–H groups in total. The topological polar surface area (TPSA) is 49.4 Å². The Kier molecular flexibility index (Phi) is 2.70. The molecule has 4 nitrogen and oxygen atoms in total. The summed E-state index contributed by atoms with van der Waals surface area (Å²) in [5, 5.41) is 4.95. The maximum atomic E-state index is 12.7. The fraction of sp³-hybridized carbons (Fsp3) is 0.294. The van der Waals surface area contributed by atoms with Crippen LogP contribution in [0.25, 0.3) is 10.8 Å². The number of amides is 3. The number of fused-ring (bicyclic) bond motifs is 2. The Labute approximate surface area is 122 Å². The summed E-state index contributed by atoms with van der Waals surface area (Å²) in [6.07, 6.45) is 2.78. The molecule has 1 aliphatic carbocycles. The minimum Gasteiger partial charge on any atom is -0.334 e. The number of nitrogens with zero attached hydrogens (tertiary/aromatic N) is 1. The number of hydrogen-bond acceptors (Lipinski definition) is 2.